The van der Waals surface area contributed by atoms with Gasteiger partial charge in [-0.1, -0.05) is 88.9 Å². The van der Waals surface area contributed by atoms with Crippen molar-refractivity contribution in [3.05, 3.63) is 99.7 Å². The number of amides is 5. The van der Waals surface area contributed by atoms with Crippen LogP contribution >= 0.6 is 11.3 Å². The van der Waals surface area contributed by atoms with Gasteiger partial charge in [0.2, 0.25) is 17.7 Å². The Hall–Kier alpha value is -5.98. The molecule has 3 heterocycles. The number of likely N-dealkylation sites (tertiary alicyclic amines) is 1. The maximum atomic E-state index is 14.1. The van der Waals surface area contributed by atoms with E-state index >= 15 is 0 Å². The average Bonchev–Trinajstić information content (AvgIpc) is 4.02. The first-order valence-electron chi connectivity index (χ1n) is 24.8. The third kappa shape index (κ3) is 14.2. The van der Waals surface area contributed by atoms with E-state index in [-0.39, 0.29) is 67.5 Å². The number of thiazole rings is 1. The van der Waals surface area contributed by atoms with E-state index in [4.69, 9.17) is 9.47 Å². The Bertz CT molecular complexity index is 2710. The summed E-state index contributed by atoms with van der Waals surface area (Å²) >= 11 is 1.57. The van der Waals surface area contributed by atoms with E-state index in [1.807, 2.05) is 52.0 Å². The van der Waals surface area contributed by atoms with Crippen LogP contribution in [0.3, 0.4) is 0 Å². The highest BCUT2D eigenvalue weighted by Gasteiger charge is 2.45. The van der Waals surface area contributed by atoms with E-state index in [0.717, 1.165) is 58.5 Å². The number of imide groups is 1. The zero-order valence-corrected chi connectivity index (χ0v) is 44.1. The lowest BCUT2D eigenvalue weighted by molar-refractivity contribution is -0.144. The molecule has 6 rings (SSSR count). The van der Waals surface area contributed by atoms with E-state index in [1.165, 1.54) is 12.0 Å². The van der Waals surface area contributed by atoms with Gasteiger partial charge in [-0.2, -0.15) is 0 Å². The van der Waals surface area contributed by atoms with E-state index in [2.05, 4.69) is 15.6 Å². The number of aliphatic hydroxyl groups excluding tert-OH is 1. The van der Waals surface area contributed by atoms with Crippen molar-refractivity contribution in [2.75, 3.05) is 32.3 Å². The van der Waals surface area contributed by atoms with Gasteiger partial charge in [0, 0.05) is 45.0 Å². The van der Waals surface area contributed by atoms with Gasteiger partial charge in [0.25, 0.3) is 11.8 Å². The van der Waals surface area contributed by atoms with E-state index in [0.29, 0.717) is 48.5 Å². The molecule has 388 valence electrons. The van der Waals surface area contributed by atoms with Gasteiger partial charge in [0.1, 0.15) is 27.7 Å². The number of fused-ring (bicyclic) bond motifs is 1. The first kappa shape index (κ1) is 55.3. The Kier molecular flexibility index (Phi) is 18.9. The summed E-state index contributed by atoms with van der Waals surface area (Å²) in [6, 6.07) is 14.7. The monoisotopic (exact) mass is 1030 g/mol. The molecular formula is C54H69N5O11S2. The molecule has 16 nitrogen and oxygen atoms in total. The SMILES string of the molecule is CCOc1cc([C@@H](CS(C)(=O)=O)N2C(=O)c3cccc(CCC(=O)CCCCCCCCC(=O)N[C@H](C(=O)N4C[C@H](O)C[C@H]4C(=O)NCc4ccc(-c5scnc5C)cc4)C(C)(C)C)c3C2=O)ccc1OC. The number of carbonyl (C=O) groups is 6. The number of ether oxygens (including phenoxy) is 2. The van der Waals surface area contributed by atoms with Crippen molar-refractivity contribution in [1.82, 2.24) is 25.4 Å². The Morgan fingerprint density at radius 1 is 0.917 bits per heavy atom. The number of sulfone groups is 1. The van der Waals surface area contributed by atoms with Crippen molar-refractivity contribution < 1.29 is 51.8 Å². The molecule has 72 heavy (non-hydrogen) atoms. The summed E-state index contributed by atoms with van der Waals surface area (Å²) < 4.78 is 36.4. The molecule has 0 aliphatic carbocycles. The summed E-state index contributed by atoms with van der Waals surface area (Å²) in [4.78, 5) is 89.5. The van der Waals surface area contributed by atoms with Gasteiger partial charge in [-0.05, 0) is 79.0 Å². The minimum absolute atomic E-state index is 0.00884. The highest BCUT2D eigenvalue weighted by atomic mass is 32.2. The zero-order chi connectivity index (χ0) is 52.3. The van der Waals surface area contributed by atoms with Gasteiger partial charge in [0.15, 0.2) is 11.5 Å². The number of unbranched alkanes of at least 4 members (excludes halogenated alkanes) is 5. The van der Waals surface area contributed by atoms with Gasteiger partial charge >= 0.3 is 0 Å². The zero-order valence-electron chi connectivity index (χ0n) is 42.5. The number of Topliss-reactive ketones (excluding diaryl/α,β-unsaturated/α-hetero) is 1. The van der Waals surface area contributed by atoms with Crippen LogP contribution in [0.2, 0.25) is 0 Å². The van der Waals surface area contributed by atoms with Crippen LogP contribution < -0.4 is 20.1 Å². The van der Waals surface area contributed by atoms with Crippen LogP contribution in [0.4, 0.5) is 0 Å². The smallest absolute Gasteiger partial charge is 0.262 e. The topological polar surface area (TPSA) is 219 Å². The van der Waals surface area contributed by atoms with Crippen molar-refractivity contribution in [2.24, 2.45) is 5.41 Å². The van der Waals surface area contributed by atoms with Crippen LogP contribution in [0.15, 0.2) is 66.2 Å². The number of aryl methyl sites for hydroxylation is 2. The molecule has 18 heteroatoms. The number of aromatic nitrogens is 1. The fourth-order valence-electron chi connectivity index (χ4n) is 9.37. The molecule has 1 aromatic heterocycles. The molecule has 2 aliphatic rings. The molecule has 0 radical (unpaired) electrons. The van der Waals surface area contributed by atoms with Crippen LogP contribution in [0, 0.1) is 12.3 Å². The molecule has 5 amide bonds. The van der Waals surface area contributed by atoms with Crippen LogP contribution in [0.25, 0.3) is 10.4 Å². The lowest BCUT2D eigenvalue weighted by Crippen LogP contribution is -2.57. The first-order chi connectivity index (χ1) is 34.2. The minimum Gasteiger partial charge on any atom is -0.493 e. The molecule has 0 unspecified atom stereocenters. The predicted molar refractivity (Wildman–Crippen MR) is 275 cm³/mol. The van der Waals surface area contributed by atoms with Gasteiger partial charge in [-0.3, -0.25) is 33.7 Å². The third-order valence-corrected chi connectivity index (χ3v) is 15.1. The second-order valence-corrected chi connectivity index (χ2v) is 22.9. The number of methoxy groups -OCH3 is 1. The summed E-state index contributed by atoms with van der Waals surface area (Å²) in [5.41, 5.74) is 5.31. The molecule has 4 aromatic rings. The normalized spacial score (nSPS) is 16.6. The standard InChI is InChI=1S/C54H69N5O11S2/c1-8-70-45-28-38(25-27-44(45)69-6)43(32-72(7,67)68)59-51(64)41-18-15-16-36(47(41)52(59)65)24-26-39(60)17-13-11-9-10-12-14-19-46(62)57-49(54(3,4)5)53(66)58-31-40(61)29-42(58)50(63)55-30-35-20-22-37(23-21-35)48-34(2)56-33-71-48/h15-16,18,20-23,25,27-28,33,40,42-43,49,61H,8-14,17,19,24,26,29-32H2,1-7H3,(H,55,63)(H,57,62)/t40-,42+,43-,49-/m1/s1. The second kappa shape index (κ2) is 24.6. The van der Waals surface area contributed by atoms with E-state index < -0.39 is 63.0 Å². The number of β-amino-alcohol motifs (C(OH)–C–C–N with tert-alkyl or cyclic N) is 1. The number of benzene rings is 3. The molecule has 0 spiro atoms. The molecule has 4 atom stereocenters. The molecule has 0 saturated carbocycles. The van der Waals surface area contributed by atoms with E-state index in [1.54, 1.807) is 60.2 Å². The summed E-state index contributed by atoms with van der Waals surface area (Å²) in [6.45, 7) is 9.87. The average molecular weight is 1030 g/mol. The molecule has 0 bridgehead atoms. The molecule has 1 fully saturated rings. The van der Waals surface area contributed by atoms with Crippen molar-refractivity contribution in [1.29, 1.82) is 0 Å². The van der Waals surface area contributed by atoms with Gasteiger partial charge in [-0.15, -0.1) is 11.3 Å². The first-order valence-corrected chi connectivity index (χ1v) is 27.7. The molecule has 1 saturated heterocycles. The van der Waals surface area contributed by atoms with Gasteiger partial charge in [-0.25, -0.2) is 13.4 Å². The maximum Gasteiger partial charge on any atom is 0.262 e. The highest BCUT2D eigenvalue weighted by molar-refractivity contribution is 7.90. The summed E-state index contributed by atoms with van der Waals surface area (Å²) in [5.74, 6) is -1.97. The molecule has 3 N–H and O–H groups in total. The number of aliphatic hydroxyl groups is 1. The van der Waals surface area contributed by atoms with Crippen LogP contribution in [-0.2, 0) is 42.0 Å². The van der Waals surface area contributed by atoms with Crippen molar-refractivity contribution in [2.45, 2.75) is 136 Å². The summed E-state index contributed by atoms with van der Waals surface area (Å²) in [6.07, 6.45) is 5.87. The fourth-order valence-corrected chi connectivity index (χ4v) is 11.1. The Labute approximate surface area is 427 Å². The highest BCUT2D eigenvalue weighted by Crippen LogP contribution is 2.38. The lowest BCUT2D eigenvalue weighted by Gasteiger charge is -2.35. The Morgan fingerprint density at radius 3 is 2.25 bits per heavy atom. The molecular weight excluding hydrogens is 959 g/mol. The number of hydrogen-bond acceptors (Lipinski definition) is 13. The number of nitrogens with one attached hydrogen (secondary N) is 2. The van der Waals surface area contributed by atoms with Crippen LogP contribution in [0.1, 0.15) is 141 Å². The van der Waals surface area contributed by atoms with Gasteiger partial charge < -0.3 is 30.1 Å². The van der Waals surface area contributed by atoms with E-state index in [9.17, 15) is 42.3 Å². The van der Waals surface area contributed by atoms with Crippen molar-refractivity contribution >= 4 is 56.5 Å². The third-order valence-electron chi connectivity index (χ3n) is 13.2. The van der Waals surface area contributed by atoms with Crippen molar-refractivity contribution in [3.63, 3.8) is 0 Å². The second-order valence-electron chi connectivity index (χ2n) is 19.9. The maximum absolute atomic E-state index is 14.1. The molecule has 3 aromatic carbocycles. The fraction of sp³-hybridized carbons (Fsp3) is 0.500. The largest absolute Gasteiger partial charge is 0.493 e. The van der Waals surface area contributed by atoms with Gasteiger partial charge in [0.05, 0.1) is 58.8 Å². The van der Waals surface area contributed by atoms with Crippen molar-refractivity contribution in [3.8, 4) is 21.9 Å². The number of hydrogen-bond donors (Lipinski definition) is 3. The van der Waals surface area contributed by atoms with Crippen LogP contribution in [-0.4, -0.2) is 114 Å². The number of ketones is 1. The minimum atomic E-state index is -3.67. The molecule has 2 aliphatic heterocycles. The summed E-state index contributed by atoms with van der Waals surface area (Å²) in [7, 11) is -2.20. The van der Waals surface area contributed by atoms with Crippen LogP contribution in [0.5, 0.6) is 11.5 Å². The number of nitrogens with zero attached hydrogens (tertiary/aromatic N) is 3. The lowest BCUT2D eigenvalue weighted by atomic mass is 9.85. The number of rotatable bonds is 25. The quantitative estimate of drug-likeness (QED) is 0.0439. The number of carbonyl (C=O) groups excluding carboxylic acids is 6. The summed E-state index contributed by atoms with van der Waals surface area (Å²) in [5, 5.41) is 16.5. The Balaban J connectivity index is 0.919. The predicted octanol–water partition coefficient (Wildman–Crippen LogP) is 7.34. The Morgan fingerprint density at radius 2 is 1.61 bits per heavy atom.